The molecule has 0 amide bonds. The summed E-state index contributed by atoms with van der Waals surface area (Å²) in [5.41, 5.74) is 0. The lowest BCUT2D eigenvalue weighted by molar-refractivity contribution is -0.138. The first-order valence-electron chi connectivity index (χ1n) is 5.56. The lowest BCUT2D eigenvalue weighted by atomic mass is 10.4. The van der Waals surface area contributed by atoms with Crippen molar-refractivity contribution in [1.29, 1.82) is 0 Å². The van der Waals surface area contributed by atoms with E-state index < -0.39 is 8.80 Å². The molecule has 6 heteroatoms. The average molecular weight is 252 g/mol. The monoisotopic (exact) mass is 252 g/mol. The zero-order valence-corrected chi connectivity index (χ0v) is 11.9. The van der Waals surface area contributed by atoms with Gasteiger partial charge in [-0.2, -0.15) is 0 Å². The van der Waals surface area contributed by atoms with Crippen LogP contribution in [0.5, 0.6) is 0 Å². The lowest BCUT2D eigenvalue weighted by Crippen LogP contribution is -2.43. The van der Waals surface area contributed by atoms with Gasteiger partial charge < -0.3 is 22.8 Å². The van der Waals surface area contributed by atoms with Crippen molar-refractivity contribution >= 4 is 8.80 Å². The molecule has 0 N–H and O–H groups in total. The Bertz CT molecular complexity index is 149. The van der Waals surface area contributed by atoms with E-state index in [9.17, 15) is 0 Å². The maximum atomic E-state index is 5.44. The molecule has 0 spiro atoms. The molecule has 16 heavy (non-hydrogen) atoms. The molecule has 0 aromatic carbocycles. The van der Waals surface area contributed by atoms with E-state index in [1.165, 1.54) is 0 Å². The lowest BCUT2D eigenvalue weighted by Gasteiger charge is -2.26. The van der Waals surface area contributed by atoms with Gasteiger partial charge >= 0.3 is 8.80 Å². The maximum Gasteiger partial charge on any atom is 0.500 e. The Labute approximate surface area is 99.3 Å². The van der Waals surface area contributed by atoms with Crippen molar-refractivity contribution in [3.8, 4) is 0 Å². The predicted molar refractivity (Wildman–Crippen MR) is 63.2 cm³/mol. The van der Waals surface area contributed by atoms with Gasteiger partial charge in [0.25, 0.3) is 0 Å². The van der Waals surface area contributed by atoms with Gasteiger partial charge in [0.05, 0.1) is 0 Å². The molecule has 5 nitrogen and oxygen atoms in total. The number of rotatable bonds is 10. The van der Waals surface area contributed by atoms with Gasteiger partial charge in [0.15, 0.2) is 6.29 Å². The normalized spacial score (nSPS) is 12.4. The third kappa shape index (κ3) is 5.38. The Morgan fingerprint density at radius 3 is 1.62 bits per heavy atom. The van der Waals surface area contributed by atoms with Gasteiger partial charge in [0, 0.05) is 47.0 Å². The molecule has 0 aliphatic heterocycles. The molecule has 0 aliphatic rings. The molecule has 0 aromatic heterocycles. The van der Waals surface area contributed by atoms with Crippen LogP contribution in [0.3, 0.4) is 0 Å². The van der Waals surface area contributed by atoms with E-state index in [0.717, 1.165) is 0 Å². The van der Waals surface area contributed by atoms with E-state index in [-0.39, 0.29) is 6.29 Å². The number of ether oxygens (including phenoxy) is 2. The molecule has 0 heterocycles. The summed E-state index contributed by atoms with van der Waals surface area (Å²) in [4.78, 5) is 0. The smallest absolute Gasteiger partial charge is 0.377 e. The molecule has 0 unspecified atom stereocenters. The van der Waals surface area contributed by atoms with Crippen LogP contribution < -0.4 is 0 Å². The fourth-order valence-corrected chi connectivity index (χ4v) is 3.14. The summed E-state index contributed by atoms with van der Waals surface area (Å²) < 4.78 is 26.9. The van der Waals surface area contributed by atoms with Gasteiger partial charge in [-0.25, -0.2) is 0 Å². The zero-order chi connectivity index (χ0) is 12.4. The van der Waals surface area contributed by atoms with Gasteiger partial charge in [-0.1, -0.05) is 0 Å². The fraction of sp³-hybridized carbons (Fsp3) is 1.00. The number of hydrogen-bond acceptors (Lipinski definition) is 5. The molecule has 0 rings (SSSR count). The molecule has 0 saturated carbocycles. The van der Waals surface area contributed by atoms with Crippen molar-refractivity contribution in [2.75, 3.05) is 34.5 Å². The third-order valence-electron chi connectivity index (χ3n) is 2.32. The Balaban J connectivity index is 4.13. The van der Waals surface area contributed by atoms with Crippen LogP contribution in [0.4, 0.5) is 0 Å². The molecule has 0 saturated heterocycles. The van der Waals surface area contributed by atoms with Crippen LogP contribution in [0.2, 0.25) is 6.04 Å². The second-order valence-electron chi connectivity index (χ2n) is 3.17. The number of hydrogen-bond donors (Lipinski definition) is 0. The Kier molecular flexibility index (Phi) is 9.10. The highest BCUT2D eigenvalue weighted by Crippen LogP contribution is 2.18. The highest BCUT2D eigenvalue weighted by atomic mass is 28.4. The summed E-state index contributed by atoms with van der Waals surface area (Å²) in [5, 5.41) is 0. The van der Waals surface area contributed by atoms with Crippen molar-refractivity contribution in [1.82, 2.24) is 0 Å². The van der Waals surface area contributed by atoms with Crippen molar-refractivity contribution in [2.45, 2.75) is 32.6 Å². The first-order chi connectivity index (χ1) is 7.67. The van der Waals surface area contributed by atoms with Crippen LogP contribution in [0.1, 0.15) is 20.3 Å². The highest BCUT2D eigenvalue weighted by Gasteiger charge is 2.38. The van der Waals surface area contributed by atoms with E-state index in [2.05, 4.69) is 0 Å². The summed E-state index contributed by atoms with van der Waals surface area (Å²) in [6.07, 6.45) is 0.506. The van der Waals surface area contributed by atoms with E-state index in [0.29, 0.717) is 25.7 Å². The van der Waals surface area contributed by atoms with Crippen LogP contribution in [0.15, 0.2) is 0 Å². The van der Waals surface area contributed by atoms with Crippen molar-refractivity contribution < 1.29 is 22.8 Å². The first-order valence-corrected chi connectivity index (χ1v) is 7.49. The van der Waals surface area contributed by atoms with Gasteiger partial charge in [-0.05, 0) is 13.8 Å². The van der Waals surface area contributed by atoms with Crippen molar-refractivity contribution in [2.24, 2.45) is 0 Å². The maximum absolute atomic E-state index is 5.44. The first kappa shape index (κ1) is 16.0. The summed E-state index contributed by atoms with van der Waals surface area (Å²) in [6.45, 7) is 5.15. The van der Waals surface area contributed by atoms with Crippen molar-refractivity contribution in [3.05, 3.63) is 0 Å². The molecule has 0 aromatic rings. The molecule has 0 radical (unpaired) electrons. The SMILES string of the molecule is CCOC(CC[Si](OC)(OC)OC)OCC. The summed E-state index contributed by atoms with van der Waals surface area (Å²) in [6, 6.07) is 0.682. The predicted octanol–water partition coefficient (Wildman–Crippen LogP) is 1.65. The molecule has 98 valence electrons. The van der Waals surface area contributed by atoms with Crippen LogP contribution >= 0.6 is 0 Å². The zero-order valence-electron chi connectivity index (χ0n) is 10.9. The molecule has 0 atom stereocenters. The van der Waals surface area contributed by atoms with Gasteiger partial charge in [-0.3, -0.25) is 0 Å². The summed E-state index contributed by atoms with van der Waals surface area (Å²) in [7, 11) is 2.32. The summed E-state index contributed by atoms with van der Waals surface area (Å²) >= 11 is 0. The molecule has 0 bridgehead atoms. The molecular weight excluding hydrogens is 228 g/mol. The van der Waals surface area contributed by atoms with Gasteiger partial charge in [-0.15, -0.1) is 0 Å². The van der Waals surface area contributed by atoms with E-state index in [4.69, 9.17) is 22.8 Å². The summed E-state index contributed by atoms with van der Waals surface area (Å²) in [5.74, 6) is 0. The quantitative estimate of drug-likeness (QED) is 0.437. The highest BCUT2D eigenvalue weighted by molar-refractivity contribution is 6.60. The van der Waals surface area contributed by atoms with E-state index >= 15 is 0 Å². The minimum Gasteiger partial charge on any atom is -0.377 e. The van der Waals surface area contributed by atoms with E-state index in [1.807, 2.05) is 13.8 Å². The third-order valence-corrected chi connectivity index (χ3v) is 5.09. The van der Waals surface area contributed by atoms with Crippen LogP contribution in [0, 0.1) is 0 Å². The minimum atomic E-state index is -2.50. The van der Waals surface area contributed by atoms with Gasteiger partial charge in [0.2, 0.25) is 0 Å². The van der Waals surface area contributed by atoms with E-state index in [1.54, 1.807) is 21.3 Å². The largest absolute Gasteiger partial charge is 0.500 e. The molecular formula is C10H24O5Si. The second-order valence-corrected chi connectivity index (χ2v) is 6.27. The minimum absolute atomic E-state index is 0.206. The van der Waals surface area contributed by atoms with Gasteiger partial charge in [0.1, 0.15) is 0 Å². The standard InChI is InChI=1S/C10H24O5Si/c1-6-14-10(15-7-2)8-9-16(11-3,12-4)13-5/h10H,6-9H2,1-5H3. The Morgan fingerprint density at radius 1 is 0.875 bits per heavy atom. The van der Waals surface area contributed by atoms with Crippen LogP contribution in [0.25, 0.3) is 0 Å². The Morgan fingerprint density at radius 2 is 1.31 bits per heavy atom. The van der Waals surface area contributed by atoms with Crippen LogP contribution in [-0.4, -0.2) is 49.6 Å². The average Bonchev–Trinajstić information content (AvgIpc) is 2.32. The Hall–Kier alpha value is 0.0169. The fourth-order valence-electron chi connectivity index (χ4n) is 1.44. The van der Waals surface area contributed by atoms with Crippen molar-refractivity contribution in [3.63, 3.8) is 0 Å². The van der Waals surface area contributed by atoms with Crippen LogP contribution in [-0.2, 0) is 22.8 Å². The molecule has 0 aliphatic carbocycles. The second kappa shape index (κ2) is 9.09. The molecule has 0 fully saturated rings. The topological polar surface area (TPSA) is 46.2 Å².